The molecule has 0 aliphatic carbocycles. The Bertz CT molecular complexity index is 821. The Morgan fingerprint density at radius 1 is 1.33 bits per heavy atom. The third-order valence-corrected chi connectivity index (χ3v) is 6.26. The maximum absolute atomic E-state index is 12.7. The minimum atomic E-state index is -3.43. The van der Waals surface area contributed by atoms with Crippen LogP contribution in [0, 0.1) is 6.92 Å². The second kappa shape index (κ2) is 6.74. The first-order chi connectivity index (χ1) is 11.3. The lowest BCUT2D eigenvalue weighted by Gasteiger charge is -2.40. The Hall–Kier alpha value is -1.57. The van der Waals surface area contributed by atoms with E-state index in [0.29, 0.717) is 36.1 Å². The molecule has 0 N–H and O–H groups in total. The predicted octanol–water partition coefficient (Wildman–Crippen LogP) is 2.68. The summed E-state index contributed by atoms with van der Waals surface area (Å²) >= 11 is 6.05. The van der Waals surface area contributed by atoms with E-state index < -0.39 is 10.0 Å². The Morgan fingerprint density at radius 3 is 2.75 bits per heavy atom. The van der Waals surface area contributed by atoms with E-state index in [1.807, 2.05) is 31.2 Å². The number of rotatable bonds is 4. The first kappa shape index (κ1) is 17.3. The zero-order valence-electron chi connectivity index (χ0n) is 13.6. The Balaban J connectivity index is 1.71. The molecule has 1 atom stereocenters. The van der Waals surface area contributed by atoms with Gasteiger partial charge in [0.2, 0.25) is 10.0 Å². The van der Waals surface area contributed by atoms with Gasteiger partial charge in [-0.05, 0) is 32.0 Å². The first-order valence-electron chi connectivity index (χ1n) is 7.77. The van der Waals surface area contributed by atoms with Crippen molar-refractivity contribution in [3.63, 3.8) is 0 Å². The van der Waals surface area contributed by atoms with Crippen LogP contribution in [-0.2, 0) is 15.8 Å². The van der Waals surface area contributed by atoms with Crippen LogP contribution in [0.4, 0.5) is 5.69 Å². The smallest absolute Gasteiger partial charge is 0.220 e. The van der Waals surface area contributed by atoms with Crippen molar-refractivity contribution in [2.45, 2.75) is 25.6 Å². The third kappa shape index (κ3) is 3.74. The van der Waals surface area contributed by atoms with Crippen LogP contribution in [-0.4, -0.2) is 43.6 Å². The molecule has 1 aromatic heterocycles. The van der Waals surface area contributed by atoms with Crippen molar-refractivity contribution in [1.29, 1.82) is 0 Å². The van der Waals surface area contributed by atoms with Gasteiger partial charge in [0.25, 0.3) is 0 Å². The predicted molar refractivity (Wildman–Crippen MR) is 93.7 cm³/mol. The van der Waals surface area contributed by atoms with Crippen molar-refractivity contribution < 1.29 is 12.9 Å². The highest BCUT2D eigenvalue weighted by atomic mass is 35.5. The molecular formula is C16H20ClN3O3S. The van der Waals surface area contributed by atoms with Crippen LogP contribution in [0.1, 0.15) is 18.4 Å². The second-order valence-corrected chi connectivity index (χ2v) is 8.43. The summed E-state index contributed by atoms with van der Waals surface area (Å²) in [6.07, 6.45) is 0. The lowest BCUT2D eigenvalue weighted by atomic mass is 10.2. The number of nitrogens with zero attached hydrogens (tertiary/aromatic N) is 3. The van der Waals surface area contributed by atoms with Gasteiger partial charge in [-0.3, -0.25) is 0 Å². The molecule has 0 bridgehead atoms. The molecule has 1 fully saturated rings. The molecule has 8 heteroatoms. The minimum Gasteiger partial charge on any atom is -0.369 e. The molecule has 1 saturated heterocycles. The molecule has 0 radical (unpaired) electrons. The minimum absolute atomic E-state index is 0.129. The molecule has 1 aliphatic heterocycles. The Kier molecular flexibility index (Phi) is 4.85. The summed E-state index contributed by atoms with van der Waals surface area (Å²) in [5, 5.41) is 4.46. The molecule has 1 aromatic carbocycles. The number of anilines is 1. The molecule has 3 rings (SSSR count). The number of hydrogen-bond donors (Lipinski definition) is 0. The van der Waals surface area contributed by atoms with E-state index in [4.69, 9.17) is 16.1 Å². The van der Waals surface area contributed by atoms with Crippen molar-refractivity contribution in [2.75, 3.05) is 24.5 Å². The van der Waals surface area contributed by atoms with Crippen molar-refractivity contribution in [3.8, 4) is 0 Å². The maximum Gasteiger partial charge on any atom is 0.220 e. The zero-order chi connectivity index (χ0) is 17.3. The molecule has 2 aromatic rings. The molecule has 2 heterocycles. The van der Waals surface area contributed by atoms with E-state index in [1.165, 1.54) is 0 Å². The molecular weight excluding hydrogens is 350 g/mol. The Labute approximate surface area is 147 Å². The number of piperazine rings is 1. The van der Waals surface area contributed by atoms with Gasteiger partial charge < -0.3 is 9.42 Å². The second-order valence-electron chi connectivity index (χ2n) is 6.07. The fourth-order valence-electron chi connectivity index (χ4n) is 3.02. The van der Waals surface area contributed by atoms with Crippen LogP contribution in [0.2, 0.25) is 5.02 Å². The number of aryl methyl sites for hydroxylation is 1. The van der Waals surface area contributed by atoms with Crippen molar-refractivity contribution >= 4 is 27.3 Å². The molecule has 0 spiro atoms. The van der Waals surface area contributed by atoms with E-state index in [9.17, 15) is 8.42 Å². The van der Waals surface area contributed by atoms with Crippen LogP contribution >= 0.6 is 11.6 Å². The van der Waals surface area contributed by atoms with E-state index in [2.05, 4.69) is 10.1 Å². The number of halogens is 1. The quantitative estimate of drug-likeness (QED) is 0.828. The van der Waals surface area contributed by atoms with Crippen LogP contribution in [0.15, 0.2) is 34.9 Å². The summed E-state index contributed by atoms with van der Waals surface area (Å²) in [6.45, 7) is 5.35. The summed E-state index contributed by atoms with van der Waals surface area (Å²) in [7, 11) is -3.43. The SMILES string of the molecule is Cc1cc(CS(=O)(=O)N2CCN(c3cccc(Cl)c3)CC2C)no1. The van der Waals surface area contributed by atoms with Crippen molar-refractivity contribution in [2.24, 2.45) is 0 Å². The standard InChI is InChI=1S/C16H20ClN3O3S/c1-12-10-19(16-5-3-4-14(17)9-16)6-7-20(12)24(21,22)11-15-8-13(2)23-18-15/h3-5,8-9,12H,6-7,10-11H2,1-2H3. The van der Waals surface area contributed by atoms with E-state index >= 15 is 0 Å². The van der Waals surface area contributed by atoms with Gasteiger partial charge in [0.1, 0.15) is 17.2 Å². The molecule has 6 nitrogen and oxygen atoms in total. The average Bonchev–Trinajstić information content (AvgIpc) is 2.91. The van der Waals surface area contributed by atoms with Crippen LogP contribution in [0.25, 0.3) is 0 Å². The topological polar surface area (TPSA) is 66.7 Å². The molecule has 24 heavy (non-hydrogen) atoms. The summed E-state index contributed by atoms with van der Waals surface area (Å²) in [5.41, 5.74) is 1.45. The van der Waals surface area contributed by atoms with Crippen LogP contribution in [0.5, 0.6) is 0 Å². The molecule has 130 valence electrons. The number of benzene rings is 1. The van der Waals surface area contributed by atoms with Gasteiger partial charge in [0.05, 0.1) is 0 Å². The zero-order valence-corrected chi connectivity index (χ0v) is 15.2. The highest BCUT2D eigenvalue weighted by Gasteiger charge is 2.33. The summed E-state index contributed by atoms with van der Waals surface area (Å²) in [4.78, 5) is 2.16. The van der Waals surface area contributed by atoms with Gasteiger partial charge in [-0.2, -0.15) is 4.31 Å². The number of hydrogen-bond acceptors (Lipinski definition) is 5. The van der Waals surface area contributed by atoms with Gasteiger partial charge in [-0.15, -0.1) is 0 Å². The summed E-state index contributed by atoms with van der Waals surface area (Å²) in [6, 6.07) is 9.14. The van der Waals surface area contributed by atoms with Gasteiger partial charge >= 0.3 is 0 Å². The van der Waals surface area contributed by atoms with Gasteiger partial charge in [-0.25, -0.2) is 8.42 Å². The Morgan fingerprint density at radius 2 is 2.12 bits per heavy atom. The number of aromatic nitrogens is 1. The van der Waals surface area contributed by atoms with Gasteiger partial charge in [0, 0.05) is 42.5 Å². The lowest BCUT2D eigenvalue weighted by molar-refractivity contribution is 0.305. The van der Waals surface area contributed by atoms with Crippen LogP contribution in [0.3, 0.4) is 0 Å². The lowest BCUT2D eigenvalue weighted by Crippen LogP contribution is -2.54. The normalized spacial score (nSPS) is 19.6. The molecule has 1 unspecified atom stereocenters. The first-order valence-corrected chi connectivity index (χ1v) is 9.76. The summed E-state index contributed by atoms with van der Waals surface area (Å²) in [5.74, 6) is 0.477. The molecule has 0 saturated carbocycles. The van der Waals surface area contributed by atoms with Crippen LogP contribution < -0.4 is 4.90 Å². The molecule has 0 amide bonds. The highest BCUT2D eigenvalue weighted by molar-refractivity contribution is 7.88. The molecule has 1 aliphatic rings. The average molecular weight is 370 g/mol. The van der Waals surface area contributed by atoms with E-state index in [-0.39, 0.29) is 11.8 Å². The third-order valence-electron chi connectivity index (χ3n) is 4.10. The van der Waals surface area contributed by atoms with E-state index in [0.717, 1.165) is 5.69 Å². The maximum atomic E-state index is 12.7. The largest absolute Gasteiger partial charge is 0.369 e. The van der Waals surface area contributed by atoms with E-state index in [1.54, 1.807) is 17.3 Å². The van der Waals surface area contributed by atoms with Crippen molar-refractivity contribution in [3.05, 3.63) is 46.8 Å². The summed E-state index contributed by atoms with van der Waals surface area (Å²) < 4.78 is 31.9. The fraction of sp³-hybridized carbons (Fsp3) is 0.438. The highest BCUT2D eigenvalue weighted by Crippen LogP contribution is 2.24. The van der Waals surface area contributed by atoms with Gasteiger partial charge in [0.15, 0.2) is 0 Å². The van der Waals surface area contributed by atoms with Crippen molar-refractivity contribution in [1.82, 2.24) is 9.46 Å². The monoisotopic (exact) mass is 369 g/mol. The number of sulfonamides is 1. The fourth-order valence-corrected chi connectivity index (χ4v) is 4.85. The van der Waals surface area contributed by atoms with Gasteiger partial charge in [-0.1, -0.05) is 22.8 Å².